The van der Waals surface area contributed by atoms with Crippen molar-refractivity contribution < 1.29 is 9.59 Å². The summed E-state index contributed by atoms with van der Waals surface area (Å²) in [6.07, 6.45) is 2.07. The van der Waals surface area contributed by atoms with Gasteiger partial charge in [-0.1, -0.05) is 42.6 Å². The van der Waals surface area contributed by atoms with Crippen molar-refractivity contribution in [3.63, 3.8) is 0 Å². The van der Waals surface area contributed by atoms with Crippen molar-refractivity contribution in [2.45, 2.75) is 19.8 Å². The molecule has 3 aromatic rings. The van der Waals surface area contributed by atoms with Crippen molar-refractivity contribution in [3.05, 3.63) is 55.0 Å². The quantitative estimate of drug-likeness (QED) is 0.485. The molecule has 4 rings (SSSR count). The second-order valence-electron chi connectivity index (χ2n) is 7.02. The highest BCUT2D eigenvalue weighted by Crippen LogP contribution is 2.37. The number of halogens is 2. The lowest BCUT2D eigenvalue weighted by atomic mass is 10.2. The van der Waals surface area contributed by atoms with E-state index in [0.717, 1.165) is 28.5 Å². The van der Waals surface area contributed by atoms with Crippen LogP contribution in [0.25, 0.3) is 10.1 Å². The van der Waals surface area contributed by atoms with Crippen LogP contribution in [0.4, 0.5) is 0 Å². The van der Waals surface area contributed by atoms with Gasteiger partial charge in [-0.05, 0) is 24.6 Å². The van der Waals surface area contributed by atoms with E-state index in [9.17, 15) is 9.59 Å². The summed E-state index contributed by atoms with van der Waals surface area (Å²) in [4.78, 5) is 31.2. The van der Waals surface area contributed by atoms with E-state index in [1.165, 1.54) is 16.2 Å². The number of amides is 2. The molecular formula is C21H20Cl2N2O2S2. The number of aryl methyl sites for hydroxylation is 1. The van der Waals surface area contributed by atoms with Gasteiger partial charge in [0.2, 0.25) is 0 Å². The normalized spacial score (nSPS) is 14.6. The first-order chi connectivity index (χ1) is 14.0. The van der Waals surface area contributed by atoms with Crippen LogP contribution in [0.3, 0.4) is 0 Å². The molecular weight excluding hydrogens is 447 g/mol. The lowest BCUT2D eigenvalue weighted by Gasteiger charge is -2.34. The van der Waals surface area contributed by atoms with Gasteiger partial charge in [-0.3, -0.25) is 9.59 Å². The van der Waals surface area contributed by atoms with E-state index in [4.69, 9.17) is 23.2 Å². The highest BCUT2D eigenvalue weighted by atomic mass is 35.5. The third kappa shape index (κ3) is 4.17. The summed E-state index contributed by atoms with van der Waals surface area (Å²) in [6.45, 7) is 4.19. The molecule has 8 heteroatoms. The second kappa shape index (κ2) is 8.64. The minimum atomic E-state index is -0.0832. The van der Waals surface area contributed by atoms with Gasteiger partial charge in [-0.15, -0.1) is 22.7 Å². The average molecular weight is 467 g/mol. The molecule has 2 amide bonds. The molecule has 0 saturated carbocycles. The van der Waals surface area contributed by atoms with Crippen molar-refractivity contribution in [1.29, 1.82) is 0 Å². The number of carbonyl (C=O) groups is 2. The standard InChI is InChI=1S/C21H20Cl2N2O2S2/c1-2-3-15-10-13(12-28-15)20(26)24-6-8-25(9-7-24)21(27)19-18(23)16-5-4-14(22)11-17(16)29-19/h4-5,10-12H,2-3,6-9H2,1H3. The molecule has 0 spiro atoms. The van der Waals surface area contributed by atoms with E-state index in [1.54, 1.807) is 22.3 Å². The van der Waals surface area contributed by atoms with Crippen LogP contribution in [0.1, 0.15) is 38.3 Å². The summed E-state index contributed by atoms with van der Waals surface area (Å²) in [6, 6.07) is 7.44. The number of hydrogen-bond donors (Lipinski definition) is 0. The van der Waals surface area contributed by atoms with Gasteiger partial charge in [0, 0.05) is 51.5 Å². The number of carbonyl (C=O) groups excluding carboxylic acids is 2. The fourth-order valence-electron chi connectivity index (χ4n) is 3.49. The lowest BCUT2D eigenvalue weighted by Crippen LogP contribution is -2.50. The molecule has 0 N–H and O–H groups in total. The van der Waals surface area contributed by atoms with Gasteiger partial charge in [-0.2, -0.15) is 0 Å². The minimum absolute atomic E-state index is 0.0465. The highest BCUT2D eigenvalue weighted by molar-refractivity contribution is 7.21. The van der Waals surface area contributed by atoms with Crippen molar-refractivity contribution in [2.24, 2.45) is 0 Å². The van der Waals surface area contributed by atoms with Crippen molar-refractivity contribution in [3.8, 4) is 0 Å². The SMILES string of the molecule is CCCc1cc(C(=O)N2CCN(C(=O)c3sc4cc(Cl)ccc4c3Cl)CC2)cs1. The fourth-order valence-corrected chi connectivity index (χ4v) is 6.21. The molecule has 2 aromatic heterocycles. The van der Waals surface area contributed by atoms with Gasteiger partial charge in [0.15, 0.2) is 0 Å². The Kier molecular flexibility index (Phi) is 6.16. The van der Waals surface area contributed by atoms with Gasteiger partial charge < -0.3 is 9.80 Å². The molecule has 0 atom stereocenters. The second-order valence-corrected chi connectivity index (χ2v) is 9.88. The fraction of sp³-hybridized carbons (Fsp3) is 0.333. The van der Waals surface area contributed by atoms with Crippen LogP contribution in [-0.2, 0) is 6.42 Å². The van der Waals surface area contributed by atoms with Crippen molar-refractivity contribution >= 4 is 67.8 Å². The molecule has 0 radical (unpaired) electrons. The number of rotatable bonds is 4. The maximum absolute atomic E-state index is 13.0. The molecule has 3 heterocycles. The van der Waals surface area contributed by atoms with E-state index in [1.807, 2.05) is 28.5 Å². The molecule has 4 nitrogen and oxygen atoms in total. The number of thiophene rings is 2. The van der Waals surface area contributed by atoms with Gasteiger partial charge in [0.05, 0.1) is 10.6 Å². The summed E-state index contributed by atoms with van der Waals surface area (Å²) < 4.78 is 0.903. The van der Waals surface area contributed by atoms with Crippen LogP contribution in [-0.4, -0.2) is 47.8 Å². The predicted molar refractivity (Wildman–Crippen MR) is 122 cm³/mol. The van der Waals surface area contributed by atoms with Gasteiger partial charge in [0.1, 0.15) is 4.88 Å². The number of piperazine rings is 1. The Morgan fingerprint density at radius 3 is 2.41 bits per heavy atom. The molecule has 29 heavy (non-hydrogen) atoms. The lowest BCUT2D eigenvalue weighted by molar-refractivity contribution is 0.0538. The summed E-state index contributed by atoms with van der Waals surface area (Å²) in [5, 5.41) is 3.88. The molecule has 1 aliphatic rings. The smallest absolute Gasteiger partial charge is 0.265 e. The Morgan fingerprint density at radius 1 is 1.03 bits per heavy atom. The number of fused-ring (bicyclic) bond motifs is 1. The summed E-state index contributed by atoms with van der Waals surface area (Å²) in [5.74, 6) is -0.0366. The molecule has 1 aliphatic heterocycles. The maximum atomic E-state index is 13.0. The van der Waals surface area contributed by atoms with Crippen LogP contribution in [0.5, 0.6) is 0 Å². The monoisotopic (exact) mass is 466 g/mol. The van der Waals surface area contributed by atoms with Gasteiger partial charge in [0.25, 0.3) is 11.8 Å². The Balaban J connectivity index is 1.43. The minimum Gasteiger partial charge on any atom is -0.335 e. The molecule has 1 fully saturated rings. The Morgan fingerprint density at radius 2 is 1.72 bits per heavy atom. The zero-order valence-corrected chi connectivity index (χ0v) is 19.1. The van der Waals surface area contributed by atoms with E-state index in [-0.39, 0.29) is 11.8 Å². The van der Waals surface area contributed by atoms with Crippen molar-refractivity contribution in [2.75, 3.05) is 26.2 Å². The van der Waals surface area contributed by atoms with Crippen LogP contribution in [0.2, 0.25) is 10.0 Å². The molecule has 1 aromatic carbocycles. The number of benzene rings is 1. The van der Waals surface area contributed by atoms with E-state index in [0.29, 0.717) is 41.1 Å². The first-order valence-electron chi connectivity index (χ1n) is 9.51. The third-order valence-electron chi connectivity index (χ3n) is 5.04. The highest BCUT2D eigenvalue weighted by Gasteiger charge is 2.28. The van der Waals surface area contributed by atoms with E-state index < -0.39 is 0 Å². The molecule has 0 unspecified atom stereocenters. The van der Waals surface area contributed by atoms with E-state index >= 15 is 0 Å². The van der Waals surface area contributed by atoms with Crippen LogP contribution in [0, 0.1) is 0 Å². The first kappa shape index (κ1) is 20.7. The van der Waals surface area contributed by atoms with Gasteiger partial charge in [-0.25, -0.2) is 0 Å². The van der Waals surface area contributed by atoms with Crippen LogP contribution in [0.15, 0.2) is 29.6 Å². The zero-order chi connectivity index (χ0) is 20.5. The summed E-state index contributed by atoms with van der Waals surface area (Å²) >= 11 is 15.5. The molecule has 152 valence electrons. The largest absolute Gasteiger partial charge is 0.335 e. The number of nitrogens with zero attached hydrogens (tertiary/aromatic N) is 2. The Hall–Kier alpha value is -1.60. The van der Waals surface area contributed by atoms with Crippen molar-refractivity contribution in [1.82, 2.24) is 9.80 Å². The van der Waals surface area contributed by atoms with Crippen LogP contribution >= 0.6 is 45.9 Å². The molecule has 0 aliphatic carbocycles. The van der Waals surface area contributed by atoms with Crippen LogP contribution < -0.4 is 0 Å². The first-order valence-corrected chi connectivity index (χ1v) is 12.0. The zero-order valence-electron chi connectivity index (χ0n) is 15.9. The average Bonchev–Trinajstić information content (AvgIpc) is 3.32. The third-order valence-corrected chi connectivity index (χ3v) is 7.91. The topological polar surface area (TPSA) is 40.6 Å². The maximum Gasteiger partial charge on any atom is 0.265 e. The van der Waals surface area contributed by atoms with E-state index in [2.05, 4.69) is 6.92 Å². The summed E-state index contributed by atoms with van der Waals surface area (Å²) in [7, 11) is 0. The predicted octanol–water partition coefficient (Wildman–Crippen LogP) is 5.82. The number of hydrogen-bond acceptors (Lipinski definition) is 4. The Bertz CT molecular complexity index is 1070. The molecule has 0 bridgehead atoms. The molecule has 1 saturated heterocycles. The van der Waals surface area contributed by atoms with Gasteiger partial charge >= 0.3 is 0 Å². The Labute approximate surface area is 187 Å². The summed E-state index contributed by atoms with van der Waals surface area (Å²) in [5.41, 5.74) is 0.752.